The number of hydrogen-bond donors (Lipinski definition) is 1. The summed E-state index contributed by atoms with van der Waals surface area (Å²) in [4.78, 5) is 27.0. The van der Waals surface area contributed by atoms with E-state index >= 15 is 0 Å². The van der Waals surface area contributed by atoms with Gasteiger partial charge in [0.25, 0.3) is 0 Å². The van der Waals surface area contributed by atoms with Gasteiger partial charge in [-0.2, -0.15) is 0 Å². The topological polar surface area (TPSA) is 49.4 Å². The molecule has 1 aliphatic carbocycles. The van der Waals surface area contributed by atoms with Crippen LogP contribution in [0.3, 0.4) is 0 Å². The first-order valence-electron chi connectivity index (χ1n) is 9.39. The van der Waals surface area contributed by atoms with Gasteiger partial charge in [-0.1, -0.05) is 36.4 Å². The predicted molar refractivity (Wildman–Crippen MR) is 102 cm³/mol. The Morgan fingerprint density at radius 3 is 2.69 bits per heavy atom. The lowest BCUT2D eigenvalue weighted by Crippen LogP contribution is -2.30. The Hall–Kier alpha value is -2.62. The molecule has 0 bridgehead atoms. The molecule has 2 aromatic carbocycles. The van der Waals surface area contributed by atoms with Gasteiger partial charge in [0, 0.05) is 18.7 Å². The zero-order valence-corrected chi connectivity index (χ0v) is 15.1. The number of amides is 2. The molecule has 0 aromatic heterocycles. The SMILES string of the molecule is C[C@@H](c1ccccc1)N1C[C@H](C(=O)Nc2ccc3c(c2)CCC3)CC1=O. The molecule has 1 fully saturated rings. The van der Waals surface area contributed by atoms with Crippen molar-refractivity contribution in [2.75, 3.05) is 11.9 Å². The summed E-state index contributed by atoms with van der Waals surface area (Å²) >= 11 is 0. The lowest BCUT2D eigenvalue weighted by molar-refractivity contribution is -0.129. The summed E-state index contributed by atoms with van der Waals surface area (Å²) in [6.45, 7) is 2.50. The highest BCUT2D eigenvalue weighted by Gasteiger charge is 2.37. The van der Waals surface area contributed by atoms with Crippen LogP contribution in [-0.2, 0) is 22.4 Å². The lowest BCUT2D eigenvalue weighted by atomic mass is 10.1. The third-order valence-corrected chi connectivity index (χ3v) is 5.64. The molecule has 1 heterocycles. The summed E-state index contributed by atoms with van der Waals surface area (Å²) < 4.78 is 0. The summed E-state index contributed by atoms with van der Waals surface area (Å²) in [6.07, 6.45) is 3.69. The number of carbonyl (C=O) groups is 2. The number of benzene rings is 2. The molecule has 0 saturated carbocycles. The molecule has 0 spiro atoms. The van der Waals surface area contributed by atoms with Gasteiger partial charge in [-0.05, 0) is 55.0 Å². The fourth-order valence-corrected chi connectivity index (χ4v) is 4.09. The van der Waals surface area contributed by atoms with Crippen molar-refractivity contribution in [3.63, 3.8) is 0 Å². The molecule has 4 rings (SSSR count). The van der Waals surface area contributed by atoms with E-state index in [1.807, 2.05) is 48.2 Å². The number of fused-ring (bicyclic) bond motifs is 1. The second-order valence-corrected chi connectivity index (χ2v) is 7.36. The van der Waals surface area contributed by atoms with E-state index in [1.54, 1.807) is 0 Å². The van der Waals surface area contributed by atoms with Crippen molar-refractivity contribution in [2.45, 2.75) is 38.6 Å². The highest BCUT2D eigenvalue weighted by molar-refractivity contribution is 5.97. The fourth-order valence-electron chi connectivity index (χ4n) is 4.09. The molecular formula is C22H24N2O2. The maximum absolute atomic E-state index is 12.7. The number of hydrogen-bond acceptors (Lipinski definition) is 2. The minimum absolute atomic E-state index is 0.0125. The first kappa shape index (κ1) is 16.8. The van der Waals surface area contributed by atoms with Crippen molar-refractivity contribution in [3.8, 4) is 0 Å². The van der Waals surface area contributed by atoms with Crippen molar-refractivity contribution in [1.29, 1.82) is 0 Å². The maximum atomic E-state index is 12.7. The Kier molecular flexibility index (Phi) is 4.49. The van der Waals surface area contributed by atoms with Crippen LogP contribution in [0.5, 0.6) is 0 Å². The standard InChI is InChI=1S/C22H24N2O2/c1-15(16-6-3-2-4-7-16)24-14-19(13-21(24)25)22(26)23-20-11-10-17-8-5-9-18(17)12-20/h2-4,6-7,10-12,15,19H,5,8-9,13-14H2,1H3,(H,23,26)/t15-,19+/m0/s1. The van der Waals surface area contributed by atoms with Crippen LogP contribution in [0.4, 0.5) is 5.69 Å². The van der Waals surface area contributed by atoms with Crippen LogP contribution < -0.4 is 5.32 Å². The van der Waals surface area contributed by atoms with Gasteiger partial charge in [-0.25, -0.2) is 0 Å². The molecule has 2 aromatic rings. The Bertz CT molecular complexity index is 831. The van der Waals surface area contributed by atoms with E-state index in [0.29, 0.717) is 6.54 Å². The third kappa shape index (κ3) is 3.24. The number of nitrogens with one attached hydrogen (secondary N) is 1. The molecule has 1 saturated heterocycles. The van der Waals surface area contributed by atoms with Gasteiger partial charge in [0.15, 0.2) is 0 Å². The fraction of sp³-hybridized carbons (Fsp3) is 0.364. The molecular weight excluding hydrogens is 324 g/mol. The number of nitrogens with zero attached hydrogens (tertiary/aromatic N) is 1. The zero-order valence-electron chi connectivity index (χ0n) is 15.1. The minimum Gasteiger partial charge on any atom is -0.335 e. The second kappa shape index (κ2) is 6.94. The predicted octanol–water partition coefficient (Wildman–Crippen LogP) is 3.72. The normalized spacial score (nSPS) is 20.1. The molecule has 4 nitrogen and oxygen atoms in total. The van der Waals surface area contributed by atoms with Crippen LogP contribution in [0, 0.1) is 5.92 Å². The summed E-state index contributed by atoms with van der Waals surface area (Å²) in [7, 11) is 0. The van der Waals surface area contributed by atoms with Crippen molar-refractivity contribution >= 4 is 17.5 Å². The van der Waals surface area contributed by atoms with E-state index in [0.717, 1.165) is 24.1 Å². The minimum atomic E-state index is -0.290. The summed E-state index contributed by atoms with van der Waals surface area (Å²) in [5, 5.41) is 3.02. The second-order valence-electron chi connectivity index (χ2n) is 7.36. The van der Waals surface area contributed by atoms with E-state index in [9.17, 15) is 9.59 Å². The van der Waals surface area contributed by atoms with Gasteiger partial charge >= 0.3 is 0 Å². The monoisotopic (exact) mass is 348 g/mol. The maximum Gasteiger partial charge on any atom is 0.229 e. The third-order valence-electron chi connectivity index (χ3n) is 5.64. The average molecular weight is 348 g/mol. The van der Waals surface area contributed by atoms with E-state index in [2.05, 4.69) is 17.4 Å². The summed E-state index contributed by atoms with van der Waals surface area (Å²) in [6, 6.07) is 16.1. The smallest absolute Gasteiger partial charge is 0.229 e. The van der Waals surface area contributed by atoms with Crippen molar-refractivity contribution in [1.82, 2.24) is 4.90 Å². The Balaban J connectivity index is 1.42. The lowest BCUT2D eigenvalue weighted by Gasteiger charge is -2.25. The average Bonchev–Trinajstić information content (AvgIpc) is 3.28. The van der Waals surface area contributed by atoms with Gasteiger partial charge in [-0.15, -0.1) is 0 Å². The van der Waals surface area contributed by atoms with Gasteiger partial charge in [-0.3, -0.25) is 9.59 Å². The summed E-state index contributed by atoms with van der Waals surface area (Å²) in [5.74, 6) is -0.295. The number of anilines is 1. The van der Waals surface area contributed by atoms with Crippen molar-refractivity contribution in [2.24, 2.45) is 5.92 Å². The molecule has 0 radical (unpaired) electrons. The van der Waals surface area contributed by atoms with Crippen LogP contribution >= 0.6 is 0 Å². The van der Waals surface area contributed by atoms with E-state index in [1.165, 1.54) is 17.5 Å². The van der Waals surface area contributed by atoms with E-state index < -0.39 is 0 Å². The van der Waals surface area contributed by atoms with Crippen LogP contribution in [-0.4, -0.2) is 23.3 Å². The quantitative estimate of drug-likeness (QED) is 0.915. The molecule has 4 heteroatoms. The van der Waals surface area contributed by atoms with Gasteiger partial charge in [0.2, 0.25) is 11.8 Å². The molecule has 2 atom stereocenters. The Morgan fingerprint density at radius 1 is 1.12 bits per heavy atom. The molecule has 1 N–H and O–H groups in total. The van der Waals surface area contributed by atoms with Crippen LogP contribution in [0.2, 0.25) is 0 Å². The zero-order chi connectivity index (χ0) is 18.1. The van der Waals surface area contributed by atoms with Gasteiger partial charge in [0.1, 0.15) is 0 Å². The Morgan fingerprint density at radius 2 is 1.88 bits per heavy atom. The molecule has 2 amide bonds. The Labute approximate surface area is 154 Å². The van der Waals surface area contributed by atoms with Crippen LogP contribution in [0.25, 0.3) is 0 Å². The summed E-state index contributed by atoms with van der Waals surface area (Å²) in [5.41, 5.74) is 4.67. The highest BCUT2D eigenvalue weighted by atomic mass is 16.2. The van der Waals surface area contributed by atoms with E-state index in [-0.39, 0.29) is 30.2 Å². The van der Waals surface area contributed by atoms with E-state index in [4.69, 9.17) is 0 Å². The molecule has 26 heavy (non-hydrogen) atoms. The van der Waals surface area contributed by atoms with Crippen LogP contribution in [0.1, 0.15) is 42.5 Å². The van der Waals surface area contributed by atoms with Crippen LogP contribution in [0.15, 0.2) is 48.5 Å². The molecule has 2 aliphatic rings. The van der Waals surface area contributed by atoms with Gasteiger partial charge in [0.05, 0.1) is 12.0 Å². The van der Waals surface area contributed by atoms with Gasteiger partial charge < -0.3 is 10.2 Å². The first-order valence-corrected chi connectivity index (χ1v) is 9.39. The number of rotatable bonds is 4. The van der Waals surface area contributed by atoms with Crippen molar-refractivity contribution in [3.05, 3.63) is 65.2 Å². The first-order chi connectivity index (χ1) is 12.6. The number of carbonyl (C=O) groups excluding carboxylic acids is 2. The molecule has 0 unspecified atom stereocenters. The van der Waals surface area contributed by atoms with Crippen molar-refractivity contribution < 1.29 is 9.59 Å². The highest BCUT2D eigenvalue weighted by Crippen LogP contribution is 2.30. The number of likely N-dealkylation sites (tertiary alicyclic amines) is 1. The number of aryl methyl sites for hydroxylation is 2. The molecule has 134 valence electrons. The molecule has 1 aliphatic heterocycles. The largest absolute Gasteiger partial charge is 0.335 e.